The lowest BCUT2D eigenvalue weighted by atomic mass is 10.1. The van der Waals surface area contributed by atoms with Crippen LogP contribution in [-0.2, 0) is 19.6 Å². The Balaban J connectivity index is 1.99. The number of hydrogen-bond donors (Lipinski definition) is 2. The maximum Gasteiger partial charge on any atom is 0.573 e. The van der Waals surface area contributed by atoms with Crippen LogP contribution in [0.5, 0.6) is 5.75 Å². The second-order valence-electron chi connectivity index (χ2n) is 5.90. The number of nitrogens with one attached hydrogen (secondary N) is 1. The highest BCUT2D eigenvalue weighted by molar-refractivity contribution is 8.14. The van der Waals surface area contributed by atoms with Gasteiger partial charge in [0.1, 0.15) is 5.75 Å². The third-order valence-electron chi connectivity index (χ3n) is 3.53. The Labute approximate surface area is 184 Å². The number of ether oxygens (including phenoxy) is 1. The first-order chi connectivity index (χ1) is 14.9. The van der Waals surface area contributed by atoms with Crippen LogP contribution in [0.1, 0.15) is 10.4 Å². The van der Waals surface area contributed by atoms with Crippen molar-refractivity contribution in [3.8, 4) is 5.75 Å². The second-order valence-corrected chi connectivity index (χ2v) is 8.57. The Hall–Kier alpha value is -3.32. The highest BCUT2D eigenvalue weighted by Crippen LogP contribution is 2.25. The van der Waals surface area contributed by atoms with Crippen molar-refractivity contribution in [1.29, 1.82) is 0 Å². The van der Waals surface area contributed by atoms with Gasteiger partial charge < -0.3 is 9.84 Å². The minimum Gasteiger partial charge on any atom is -0.478 e. The molecule has 0 aliphatic carbocycles. The van der Waals surface area contributed by atoms with Gasteiger partial charge in [-0.3, -0.25) is 14.3 Å². The van der Waals surface area contributed by atoms with Gasteiger partial charge in [-0.1, -0.05) is 11.8 Å². The van der Waals surface area contributed by atoms with E-state index in [1.54, 1.807) is 0 Å². The Bertz CT molecular complexity index is 1130. The van der Waals surface area contributed by atoms with Crippen molar-refractivity contribution in [2.75, 3.05) is 10.5 Å². The summed E-state index contributed by atoms with van der Waals surface area (Å²) in [6.45, 7) is 0. The molecule has 0 aromatic heterocycles. The summed E-state index contributed by atoms with van der Waals surface area (Å²) in [5, 5.41) is 7.83. The van der Waals surface area contributed by atoms with E-state index in [1.165, 1.54) is 24.3 Å². The molecule has 0 fully saturated rings. The molecule has 0 aliphatic rings. The summed E-state index contributed by atoms with van der Waals surface area (Å²) in [7, 11) is -4.12. The van der Waals surface area contributed by atoms with Crippen LogP contribution in [0.25, 0.3) is 0 Å². The summed E-state index contributed by atoms with van der Waals surface area (Å²) in [6, 6.07) is 8.81. The fourth-order valence-electron chi connectivity index (χ4n) is 2.17. The van der Waals surface area contributed by atoms with Crippen molar-refractivity contribution in [2.45, 2.75) is 11.3 Å². The van der Waals surface area contributed by atoms with Crippen LogP contribution in [0.3, 0.4) is 0 Å². The van der Waals surface area contributed by atoms with Gasteiger partial charge in [-0.2, -0.15) is 0 Å². The molecular formula is C19H14F3NO7S2. The number of alkyl halides is 3. The molecule has 0 bridgehead atoms. The molecule has 0 saturated heterocycles. The number of carbonyl (C=O) groups excluding carboxylic acids is 2. The molecule has 0 spiro atoms. The standard InChI is InChI=1S/C19H14F3NO7S2/c20-19(21,22)30-14-5-7-15(8-6-14)32(28,29)23-13-3-1-12(2-4-13)16(24)11-31-18(27)10-9-17(25)26/h1-10,23H,11H2,(H,25,26)/b10-9-. The van der Waals surface area contributed by atoms with Gasteiger partial charge in [-0.25, -0.2) is 13.2 Å². The molecule has 0 unspecified atom stereocenters. The van der Waals surface area contributed by atoms with Crippen LogP contribution >= 0.6 is 11.8 Å². The van der Waals surface area contributed by atoms with Gasteiger partial charge in [0.15, 0.2) is 5.78 Å². The predicted molar refractivity (Wildman–Crippen MR) is 109 cm³/mol. The zero-order chi connectivity index (χ0) is 23.9. The summed E-state index contributed by atoms with van der Waals surface area (Å²) >= 11 is 0.607. The van der Waals surface area contributed by atoms with Gasteiger partial charge >= 0.3 is 12.3 Å². The summed E-state index contributed by atoms with van der Waals surface area (Å²) in [5.41, 5.74) is 0.273. The number of anilines is 1. The number of hydrogen-bond acceptors (Lipinski definition) is 7. The quantitative estimate of drug-likeness (QED) is 0.405. The van der Waals surface area contributed by atoms with Crippen LogP contribution in [0.15, 0.2) is 65.6 Å². The number of carboxylic acids is 1. The van der Waals surface area contributed by atoms with Crippen LogP contribution in [0, 0.1) is 0 Å². The molecule has 2 rings (SSSR count). The molecule has 8 nitrogen and oxygen atoms in total. The molecule has 0 aliphatic heterocycles. The van der Waals surface area contributed by atoms with E-state index in [9.17, 15) is 36.0 Å². The molecule has 0 saturated carbocycles. The number of aliphatic carboxylic acids is 1. The van der Waals surface area contributed by atoms with Crippen molar-refractivity contribution in [3.63, 3.8) is 0 Å². The molecule has 0 heterocycles. The molecular weight excluding hydrogens is 475 g/mol. The van der Waals surface area contributed by atoms with Crippen molar-refractivity contribution >= 4 is 44.3 Å². The van der Waals surface area contributed by atoms with E-state index in [1.807, 2.05) is 0 Å². The van der Waals surface area contributed by atoms with Crippen molar-refractivity contribution in [3.05, 3.63) is 66.2 Å². The molecule has 0 amide bonds. The van der Waals surface area contributed by atoms with Gasteiger partial charge in [0.2, 0.25) is 5.12 Å². The summed E-state index contributed by atoms with van der Waals surface area (Å²) in [6.07, 6.45) is -3.43. The number of halogens is 3. The van der Waals surface area contributed by atoms with E-state index >= 15 is 0 Å². The monoisotopic (exact) mass is 489 g/mol. The van der Waals surface area contributed by atoms with Crippen molar-refractivity contribution < 1.29 is 45.8 Å². The van der Waals surface area contributed by atoms with Crippen LogP contribution in [-0.4, -0.2) is 42.5 Å². The normalized spacial score (nSPS) is 11.8. The number of ketones is 1. The molecule has 2 aromatic carbocycles. The topological polar surface area (TPSA) is 127 Å². The third kappa shape index (κ3) is 8.07. The zero-order valence-electron chi connectivity index (χ0n) is 15.8. The fraction of sp³-hybridized carbons (Fsp3) is 0.105. The van der Waals surface area contributed by atoms with Crippen LogP contribution in [0.4, 0.5) is 18.9 Å². The molecule has 170 valence electrons. The van der Waals surface area contributed by atoms with Gasteiger partial charge in [-0.05, 0) is 54.6 Å². The highest BCUT2D eigenvalue weighted by Gasteiger charge is 2.31. The number of thioether (sulfide) groups is 1. The maximum absolute atomic E-state index is 12.4. The first-order valence-electron chi connectivity index (χ1n) is 8.45. The molecule has 2 N–H and O–H groups in total. The Kier molecular flexibility index (Phi) is 8.05. The van der Waals surface area contributed by atoms with E-state index in [-0.39, 0.29) is 21.9 Å². The molecule has 0 atom stereocenters. The van der Waals surface area contributed by atoms with E-state index in [2.05, 4.69) is 9.46 Å². The minimum absolute atomic E-state index is 0.0882. The van der Waals surface area contributed by atoms with Crippen molar-refractivity contribution in [1.82, 2.24) is 0 Å². The smallest absolute Gasteiger partial charge is 0.478 e. The Morgan fingerprint density at radius 2 is 1.59 bits per heavy atom. The number of sulfonamides is 1. The van der Waals surface area contributed by atoms with Gasteiger partial charge in [0.25, 0.3) is 10.0 Å². The molecule has 13 heteroatoms. The molecule has 0 radical (unpaired) electrons. The largest absolute Gasteiger partial charge is 0.573 e. The van der Waals surface area contributed by atoms with Gasteiger partial charge in [0.05, 0.1) is 10.6 Å². The number of Topliss-reactive ketones (excluding diaryl/α,β-unsaturated/α-hetero) is 1. The number of rotatable bonds is 9. The first kappa shape index (κ1) is 24.9. The van der Waals surface area contributed by atoms with Gasteiger partial charge in [0, 0.05) is 17.3 Å². The first-order valence-corrected chi connectivity index (χ1v) is 10.9. The van der Waals surface area contributed by atoms with E-state index < -0.39 is 39.0 Å². The summed E-state index contributed by atoms with van der Waals surface area (Å²) in [4.78, 5) is 33.6. The third-order valence-corrected chi connectivity index (χ3v) is 5.76. The van der Waals surface area contributed by atoms with E-state index in [0.717, 1.165) is 30.3 Å². The fourth-order valence-corrected chi connectivity index (χ4v) is 3.83. The summed E-state index contributed by atoms with van der Waals surface area (Å²) < 4.78 is 67.2. The minimum atomic E-state index is -4.90. The lowest BCUT2D eigenvalue weighted by Crippen LogP contribution is -2.17. The Morgan fingerprint density at radius 1 is 1.00 bits per heavy atom. The molecule has 32 heavy (non-hydrogen) atoms. The van der Waals surface area contributed by atoms with E-state index in [4.69, 9.17) is 5.11 Å². The van der Waals surface area contributed by atoms with Crippen LogP contribution in [0.2, 0.25) is 0 Å². The predicted octanol–water partition coefficient (Wildman–Crippen LogP) is 3.47. The second kappa shape index (κ2) is 10.3. The van der Waals surface area contributed by atoms with Crippen LogP contribution < -0.4 is 9.46 Å². The molecule has 2 aromatic rings. The number of carboxylic acid groups (broad SMARTS) is 1. The number of benzene rings is 2. The lowest BCUT2D eigenvalue weighted by Gasteiger charge is -2.11. The Morgan fingerprint density at radius 3 is 2.12 bits per heavy atom. The SMILES string of the molecule is O=C(O)/C=C\C(=O)SCC(=O)c1ccc(NS(=O)(=O)c2ccc(OC(F)(F)F)cc2)cc1. The summed E-state index contributed by atoms with van der Waals surface area (Å²) in [5.74, 6) is -2.56. The lowest BCUT2D eigenvalue weighted by molar-refractivity contribution is -0.274. The average Bonchev–Trinajstić information content (AvgIpc) is 2.70. The van der Waals surface area contributed by atoms with Gasteiger partial charge in [-0.15, -0.1) is 13.2 Å². The highest BCUT2D eigenvalue weighted by atomic mass is 32.2. The van der Waals surface area contributed by atoms with E-state index in [0.29, 0.717) is 17.8 Å². The zero-order valence-corrected chi connectivity index (χ0v) is 17.5. The number of carbonyl (C=O) groups is 3. The maximum atomic E-state index is 12.4. The van der Waals surface area contributed by atoms with Crippen molar-refractivity contribution in [2.24, 2.45) is 0 Å². The average molecular weight is 489 g/mol.